The van der Waals surface area contributed by atoms with Crippen molar-refractivity contribution in [3.8, 4) is 28.7 Å². The molecule has 0 aromatic heterocycles. The summed E-state index contributed by atoms with van der Waals surface area (Å²) < 4.78 is 0.341. The van der Waals surface area contributed by atoms with E-state index in [0.717, 1.165) is 0 Å². The molecular formula is C17H16BrNO5S. The molecule has 0 spiro atoms. The Morgan fingerprint density at radius 3 is 2.24 bits per heavy atom. The van der Waals surface area contributed by atoms with Crippen molar-refractivity contribution in [3.63, 3.8) is 0 Å². The van der Waals surface area contributed by atoms with Crippen LogP contribution in [0.2, 0.25) is 0 Å². The van der Waals surface area contributed by atoms with E-state index in [1.165, 1.54) is 18.2 Å². The quantitative estimate of drug-likeness (QED) is 0.251. The van der Waals surface area contributed by atoms with E-state index >= 15 is 0 Å². The van der Waals surface area contributed by atoms with Gasteiger partial charge in [-0.1, -0.05) is 18.3 Å². The highest BCUT2D eigenvalue weighted by atomic mass is 79.9. The van der Waals surface area contributed by atoms with E-state index in [-0.39, 0.29) is 17.5 Å². The summed E-state index contributed by atoms with van der Waals surface area (Å²) >= 11 is 8.41. The predicted octanol–water partition coefficient (Wildman–Crippen LogP) is 3.67. The van der Waals surface area contributed by atoms with Gasteiger partial charge in [-0.3, -0.25) is 0 Å². The van der Waals surface area contributed by atoms with Crippen LogP contribution in [0.4, 0.5) is 0 Å². The Morgan fingerprint density at radius 1 is 1.04 bits per heavy atom. The number of halogens is 1. The number of thiocarbonyl (C=S) groups is 1. The Kier molecular flexibility index (Phi) is 5.76. The fourth-order valence-electron chi connectivity index (χ4n) is 2.08. The highest BCUT2D eigenvalue weighted by Crippen LogP contribution is 2.37. The first kappa shape index (κ1) is 18.9. The smallest absolute Gasteiger partial charge is 0.200 e. The topological polar surface area (TPSA) is 113 Å². The molecule has 0 radical (unpaired) electrons. The maximum atomic E-state index is 9.67. The van der Waals surface area contributed by atoms with Crippen LogP contribution < -0.4 is 5.32 Å². The lowest BCUT2D eigenvalue weighted by Crippen LogP contribution is -2.23. The zero-order valence-corrected chi connectivity index (χ0v) is 15.5. The van der Waals surface area contributed by atoms with Crippen molar-refractivity contribution in [3.05, 3.63) is 45.9 Å². The predicted molar refractivity (Wildman–Crippen MR) is 102 cm³/mol. The minimum absolute atomic E-state index is 0.231. The van der Waals surface area contributed by atoms with E-state index in [0.29, 0.717) is 20.6 Å². The number of benzene rings is 2. The van der Waals surface area contributed by atoms with E-state index in [1.54, 1.807) is 25.1 Å². The summed E-state index contributed by atoms with van der Waals surface area (Å²) in [6.45, 7) is 1.77. The average molecular weight is 426 g/mol. The van der Waals surface area contributed by atoms with Crippen LogP contribution in [-0.2, 0) is 0 Å². The maximum Gasteiger partial charge on any atom is 0.200 e. The van der Waals surface area contributed by atoms with Crippen LogP contribution in [0.1, 0.15) is 24.1 Å². The first-order valence-corrected chi connectivity index (χ1v) is 8.34. The molecule has 132 valence electrons. The Morgan fingerprint density at radius 2 is 1.64 bits per heavy atom. The molecule has 1 unspecified atom stereocenters. The molecule has 6 N–H and O–H groups in total. The number of phenolic OH excluding ortho intramolecular Hbond substituents is 5. The maximum absolute atomic E-state index is 9.67. The van der Waals surface area contributed by atoms with Crippen LogP contribution in [0.25, 0.3) is 6.08 Å². The molecule has 0 aliphatic heterocycles. The lowest BCUT2D eigenvalue weighted by molar-refractivity contribution is 0.366. The molecule has 6 nitrogen and oxygen atoms in total. The van der Waals surface area contributed by atoms with Crippen LogP contribution in [0, 0.1) is 0 Å². The molecule has 8 heteroatoms. The largest absolute Gasteiger partial charge is 0.504 e. The van der Waals surface area contributed by atoms with Crippen LogP contribution in [-0.4, -0.2) is 30.5 Å². The molecule has 2 rings (SSSR count). The second-order valence-corrected chi connectivity index (χ2v) is 6.54. The molecule has 0 aliphatic carbocycles. The zero-order chi connectivity index (χ0) is 18.7. The number of aromatic hydroxyl groups is 5. The van der Waals surface area contributed by atoms with Gasteiger partial charge in [-0.05, 0) is 64.3 Å². The molecule has 25 heavy (non-hydrogen) atoms. The summed E-state index contributed by atoms with van der Waals surface area (Å²) in [7, 11) is 0. The number of nitrogens with one attached hydrogen (secondary N) is 1. The Balaban J connectivity index is 2.11. The van der Waals surface area contributed by atoms with Crippen LogP contribution in [0.15, 0.2) is 34.8 Å². The van der Waals surface area contributed by atoms with Gasteiger partial charge < -0.3 is 30.8 Å². The average Bonchev–Trinajstić information content (AvgIpc) is 2.56. The van der Waals surface area contributed by atoms with Crippen molar-refractivity contribution in [1.82, 2.24) is 5.32 Å². The Bertz CT molecular complexity index is 830. The number of hydrogen-bond acceptors (Lipinski definition) is 6. The van der Waals surface area contributed by atoms with Crippen molar-refractivity contribution in [2.75, 3.05) is 0 Å². The third kappa shape index (κ3) is 4.34. The molecule has 1 atom stereocenters. The second kappa shape index (κ2) is 7.62. The van der Waals surface area contributed by atoms with Crippen molar-refractivity contribution >= 4 is 39.2 Å². The SMILES string of the molecule is CC(NC(=S)/C=C\c1ccc(O)c(O)c1Br)c1cc(O)c(O)c(O)c1. The molecule has 0 saturated carbocycles. The monoisotopic (exact) mass is 425 g/mol. The molecule has 0 bridgehead atoms. The summed E-state index contributed by atoms with van der Waals surface area (Å²) in [5.41, 5.74) is 1.15. The molecule has 0 aliphatic rings. The minimum atomic E-state index is -0.574. The summed E-state index contributed by atoms with van der Waals surface area (Å²) in [5, 5.41) is 50.6. The molecular weight excluding hydrogens is 410 g/mol. The van der Waals surface area contributed by atoms with Crippen molar-refractivity contribution in [2.45, 2.75) is 13.0 Å². The lowest BCUT2D eigenvalue weighted by Gasteiger charge is -2.16. The van der Waals surface area contributed by atoms with Crippen molar-refractivity contribution in [2.24, 2.45) is 0 Å². The Hall–Kier alpha value is -2.45. The third-order valence-corrected chi connectivity index (χ3v) is 4.58. The fraction of sp³-hybridized carbons (Fsp3) is 0.118. The van der Waals surface area contributed by atoms with Crippen molar-refractivity contribution < 1.29 is 25.5 Å². The standard InChI is InChI=1S/C17H16BrNO5S/c1-8(10-6-12(21)16(23)13(22)7-10)19-14(25)5-3-9-2-4-11(20)17(24)15(9)18/h2-8,20-24H,1H3,(H,19,25)/b5-3-. The number of phenols is 5. The van der Waals surface area contributed by atoms with E-state index in [9.17, 15) is 25.5 Å². The van der Waals surface area contributed by atoms with Gasteiger partial charge in [0.25, 0.3) is 0 Å². The van der Waals surface area contributed by atoms with Crippen molar-refractivity contribution in [1.29, 1.82) is 0 Å². The normalized spacial score (nSPS) is 12.2. The molecule has 2 aromatic rings. The number of rotatable bonds is 4. The van der Waals surface area contributed by atoms with Gasteiger partial charge in [0.1, 0.15) is 0 Å². The molecule has 0 fully saturated rings. The van der Waals surface area contributed by atoms with Gasteiger partial charge in [-0.2, -0.15) is 0 Å². The van der Waals surface area contributed by atoms with Crippen LogP contribution in [0.3, 0.4) is 0 Å². The highest BCUT2D eigenvalue weighted by molar-refractivity contribution is 9.10. The Labute approximate surface area is 157 Å². The van der Waals surface area contributed by atoms with Gasteiger partial charge in [0.05, 0.1) is 9.46 Å². The van der Waals surface area contributed by atoms with Gasteiger partial charge in [0, 0.05) is 6.04 Å². The summed E-state index contributed by atoms with van der Waals surface area (Å²) in [6, 6.07) is 5.28. The lowest BCUT2D eigenvalue weighted by atomic mass is 10.1. The van der Waals surface area contributed by atoms with Gasteiger partial charge in [-0.15, -0.1) is 0 Å². The van der Waals surface area contributed by atoms with Gasteiger partial charge in [-0.25, -0.2) is 0 Å². The molecule has 0 saturated heterocycles. The van der Waals surface area contributed by atoms with Crippen LogP contribution >= 0.6 is 28.1 Å². The van der Waals surface area contributed by atoms with E-state index in [4.69, 9.17) is 12.2 Å². The minimum Gasteiger partial charge on any atom is -0.504 e. The van der Waals surface area contributed by atoms with E-state index in [1.807, 2.05) is 0 Å². The highest BCUT2D eigenvalue weighted by Gasteiger charge is 2.13. The second-order valence-electron chi connectivity index (χ2n) is 5.31. The summed E-state index contributed by atoms with van der Waals surface area (Å²) in [5.74, 6) is -1.91. The molecule has 2 aromatic carbocycles. The van der Waals surface area contributed by atoms with E-state index in [2.05, 4.69) is 21.2 Å². The first-order valence-electron chi connectivity index (χ1n) is 7.14. The van der Waals surface area contributed by atoms with Crippen LogP contribution in [0.5, 0.6) is 28.7 Å². The summed E-state index contributed by atoms with van der Waals surface area (Å²) in [6.07, 6.45) is 3.25. The fourth-order valence-corrected chi connectivity index (χ4v) is 2.80. The molecule has 0 heterocycles. The van der Waals surface area contributed by atoms with Gasteiger partial charge in [0.2, 0.25) is 0 Å². The van der Waals surface area contributed by atoms with Gasteiger partial charge >= 0.3 is 0 Å². The van der Waals surface area contributed by atoms with Gasteiger partial charge in [0.15, 0.2) is 28.7 Å². The van der Waals surface area contributed by atoms with E-state index < -0.39 is 17.2 Å². The number of hydrogen-bond donors (Lipinski definition) is 6. The summed E-state index contributed by atoms with van der Waals surface area (Å²) in [4.78, 5) is 0.374. The third-order valence-electron chi connectivity index (χ3n) is 3.49. The molecule has 0 amide bonds. The first-order chi connectivity index (χ1) is 11.7. The zero-order valence-electron chi connectivity index (χ0n) is 13.1.